The van der Waals surface area contributed by atoms with E-state index in [4.69, 9.17) is 5.53 Å². The van der Waals surface area contributed by atoms with Crippen LogP contribution in [-0.2, 0) is 11.2 Å². The molecule has 1 atom stereocenters. The van der Waals surface area contributed by atoms with Crippen molar-refractivity contribution < 1.29 is 9.18 Å². The van der Waals surface area contributed by atoms with Crippen molar-refractivity contribution in [2.45, 2.75) is 18.9 Å². The maximum Gasteiger partial charge on any atom is 0.233 e. The Labute approximate surface area is 90.9 Å². The number of hydrogen-bond acceptors (Lipinski definition) is 2. The lowest BCUT2D eigenvalue weighted by Gasteiger charge is -2.06. The topological polar surface area (TPSA) is 77.9 Å². The van der Waals surface area contributed by atoms with Gasteiger partial charge in [0, 0.05) is 10.6 Å². The van der Waals surface area contributed by atoms with Gasteiger partial charge in [-0.05, 0) is 36.1 Å². The number of rotatable bonds is 1. The highest BCUT2D eigenvalue weighted by Crippen LogP contribution is 2.23. The van der Waals surface area contributed by atoms with Gasteiger partial charge in [0.25, 0.3) is 0 Å². The summed E-state index contributed by atoms with van der Waals surface area (Å²) in [6.45, 7) is 0. The molecular weight excluding hydrogens is 211 g/mol. The second-order valence-electron chi connectivity index (χ2n) is 3.55. The zero-order valence-electron chi connectivity index (χ0n) is 8.35. The highest BCUT2D eigenvalue weighted by molar-refractivity contribution is 5.96. The second kappa shape index (κ2) is 4.20. The van der Waals surface area contributed by atoms with Crippen molar-refractivity contribution in [1.82, 2.24) is 0 Å². The molecule has 6 heteroatoms. The predicted molar refractivity (Wildman–Crippen MR) is 56.3 cm³/mol. The minimum absolute atomic E-state index is 0.387. The van der Waals surface area contributed by atoms with Crippen molar-refractivity contribution in [1.29, 1.82) is 0 Å². The first-order chi connectivity index (χ1) is 7.70. The number of nitrogens with zero attached hydrogens (tertiary/aromatic N) is 3. The van der Waals surface area contributed by atoms with Gasteiger partial charge in [0.1, 0.15) is 11.9 Å². The first kappa shape index (κ1) is 10.4. The zero-order valence-corrected chi connectivity index (χ0v) is 8.35. The Kier molecular flexibility index (Phi) is 2.74. The molecule has 0 aliphatic carbocycles. The minimum atomic E-state index is -0.722. The van der Waals surface area contributed by atoms with Gasteiger partial charge in [-0.1, -0.05) is 11.2 Å². The number of carbonyl (C=O) groups is 1. The number of nitrogens with one attached hydrogen (secondary N) is 1. The lowest BCUT2D eigenvalue weighted by Crippen LogP contribution is -2.24. The number of azide groups is 1. The second-order valence-corrected chi connectivity index (χ2v) is 3.55. The molecule has 1 aromatic carbocycles. The minimum Gasteiger partial charge on any atom is -0.325 e. The number of aryl methyl sites for hydroxylation is 1. The highest BCUT2D eigenvalue weighted by Gasteiger charge is 2.22. The van der Waals surface area contributed by atoms with Gasteiger partial charge in [0.05, 0.1) is 0 Å². The number of hydrogen-bond donors (Lipinski definition) is 1. The van der Waals surface area contributed by atoms with Gasteiger partial charge >= 0.3 is 0 Å². The van der Waals surface area contributed by atoms with Crippen molar-refractivity contribution >= 4 is 11.6 Å². The summed E-state index contributed by atoms with van der Waals surface area (Å²) in [5.41, 5.74) is 9.62. The third kappa shape index (κ3) is 1.97. The van der Waals surface area contributed by atoms with Crippen molar-refractivity contribution in [3.05, 3.63) is 40.0 Å². The molecule has 1 heterocycles. The van der Waals surface area contributed by atoms with E-state index in [1.165, 1.54) is 12.1 Å². The summed E-state index contributed by atoms with van der Waals surface area (Å²) < 4.78 is 13.0. The van der Waals surface area contributed by atoms with E-state index in [2.05, 4.69) is 15.3 Å². The third-order valence-electron chi connectivity index (χ3n) is 2.51. The number of carbonyl (C=O) groups excluding carboxylic acids is 1. The molecule has 1 aliphatic heterocycles. The van der Waals surface area contributed by atoms with Crippen LogP contribution in [0.15, 0.2) is 23.3 Å². The Bertz CT molecular complexity index is 482. The quantitative estimate of drug-likeness (QED) is 0.440. The van der Waals surface area contributed by atoms with Gasteiger partial charge in [0.2, 0.25) is 5.91 Å². The largest absolute Gasteiger partial charge is 0.325 e. The lowest BCUT2D eigenvalue weighted by molar-refractivity contribution is -0.117. The van der Waals surface area contributed by atoms with E-state index in [0.717, 1.165) is 5.56 Å². The molecule has 1 aromatic rings. The van der Waals surface area contributed by atoms with Gasteiger partial charge < -0.3 is 5.32 Å². The van der Waals surface area contributed by atoms with Crippen molar-refractivity contribution in [3.63, 3.8) is 0 Å². The Balaban J connectivity index is 2.33. The van der Waals surface area contributed by atoms with E-state index in [1.807, 2.05) is 0 Å². The molecule has 82 valence electrons. The van der Waals surface area contributed by atoms with Crippen LogP contribution in [0.25, 0.3) is 10.4 Å². The van der Waals surface area contributed by atoms with Crippen LogP contribution in [-0.4, -0.2) is 11.9 Å². The summed E-state index contributed by atoms with van der Waals surface area (Å²) in [5.74, 6) is -0.788. The number of fused-ring (bicyclic) bond motifs is 1. The molecule has 0 radical (unpaired) electrons. The van der Waals surface area contributed by atoms with E-state index < -0.39 is 11.9 Å². The fourth-order valence-corrected chi connectivity index (χ4v) is 1.69. The third-order valence-corrected chi connectivity index (χ3v) is 2.51. The first-order valence-electron chi connectivity index (χ1n) is 4.84. The fraction of sp³-hybridized carbons (Fsp3) is 0.300. The van der Waals surface area contributed by atoms with Crippen LogP contribution in [0.2, 0.25) is 0 Å². The lowest BCUT2D eigenvalue weighted by atomic mass is 10.1. The van der Waals surface area contributed by atoms with Crippen LogP contribution in [0.1, 0.15) is 12.0 Å². The Morgan fingerprint density at radius 2 is 2.38 bits per heavy atom. The van der Waals surface area contributed by atoms with Crippen molar-refractivity contribution in [2.24, 2.45) is 5.11 Å². The molecule has 2 rings (SSSR count). The van der Waals surface area contributed by atoms with E-state index in [1.54, 1.807) is 6.07 Å². The van der Waals surface area contributed by atoms with Crippen LogP contribution in [0.4, 0.5) is 10.1 Å². The van der Waals surface area contributed by atoms with Crippen LogP contribution >= 0.6 is 0 Å². The average Bonchev–Trinajstić information content (AvgIpc) is 2.39. The van der Waals surface area contributed by atoms with Crippen LogP contribution in [0.5, 0.6) is 0 Å². The van der Waals surface area contributed by atoms with Gasteiger partial charge in [0.15, 0.2) is 0 Å². The fourth-order valence-electron chi connectivity index (χ4n) is 1.69. The first-order valence-corrected chi connectivity index (χ1v) is 4.84. The molecule has 0 bridgehead atoms. The summed E-state index contributed by atoms with van der Waals surface area (Å²) in [7, 11) is 0. The molecule has 0 saturated carbocycles. The summed E-state index contributed by atoms with van der Waals surface area (Å²) >= 11 is 0. The molecular formula is C10H9FN4O. The summed E-state index contributed by atoms with van der Waals surface area (Å²) in [6, 6.07) is 3.52. The summed E-state index contributed by atoms with van der Waals surface area (Å²) in [6.07, 6.45) is 1.02. The summed E-state index contributed by atoms with van der Waals surface area (Å²) in [4.78, 5) is 14.2. The summed E-state index contributed by atoms with van der Waals surface area (Å²) in [5, 5.41) is 5.96. The Morgan fingerprint density at radius 3 is 3.12 bits per heavy atom. The monoisotopic (exact) mass is 220 g/mol. The van der Waals surface area contributed by atoms with Gasteiger partial charge in [-0.25, -0.2) is 4.39 Å². The number of halogens is 1. The highest BCUT2D eigenvalue weighted by atomic mass is 19.1. The van der Waals surface area contributed by atoms with E-state index >= 15 is 0 Å². The van der Waals surface area contributed by atoms with E-state index in [-0.39, 0.29) is 5.91 Å². The van der Waals surface area contributed by atoms with E-state index in [0.29, 0.717) is 18.5 Å². The Morgan fingerprint density at radius 1 is 1.56 bits per heavy atom. The normalized spacial score (nSPS) is 19.1. The van der Waals surface area contributed by atoms with Crippen LogP contribution < -0.4 is 5.32 Å². The maximum atomic E-state index is 13.0. The molecule has 5 nitrogen and oxygen atoms in total. The Hall–Kier alpha value is -2.07. The van der Waals surface area contributed by atoms with Gasteiger partial charge in [-0.2, -0.15) is 0 Å². The van der Waals surface area contributed by atoms with Gasteiger partial charge in [-0.3, -0.25) is 4.79 Å². The average molecular weight is 220 g/mol. The van der Waals surface area contributed by atoms with Gasteiger partial charge in [-0.15, -0.1) is 0 Å². The standard InChI is InChI=1S/C10H9FN4O/c11-7-3-1-6-2-4-8(14-15-12)10(16)13-9(6)5-7/h1,3,5,8H,2,4H2,(H,13,16). The molecule has 1 aliphatic rings. The molecule has 0 spiro atoms. The molecule has 0 saturated heterocycles. The molecule has 1 amide bonds. The number of benzene rings is 1. The van der Waals surface area contributed by atoms with E-state index in [9.17, 15) is 9.18 Å². The molecule has 1 unspecified atom stereocenters. The smallest absolute Gasteiger partial charge is 0.233 e. The maximum absolute atomic E-state index is 13.0. The number of amides is 1. The molecule has 0 fully saturated rings. The molecule has 16 heavy (non-hydrogen) atoms. The van der Waals surface area contributed by atoms with Crippen LogP contribution in [0, 0.1) is 5.82 Å². The predicted octanol–water partition coefficient (Wildman–Crippen LogP) is 2.39. The van der Waals surface area contributed by atoms with Crippen LogP contribution in [0.3, 0.4) is 0 Å². The zero-order chi connectivity index (χ0) is 11.5. The molecule has 1 N–H and O–H groups in total. The van der Waals surface area contributed by atoms with Crippen molar-refractivity contribution in [3.8, 4) is 0 Å². The SMILES string of the molecule is [N-]=[N+]=NC1CCc2ccc(F)cc2NC1=O. The molecule has 0 aromatic heterocycles. The van der Waals surface area contributed by atoms with Crippen molar-refractivity contribution in [2.75, 3.05) is 5.32 Å². The number of anilines is 1.